The van der Waals surface area contributed by atoms with Gasteiger partial charge in [-0.25, -0.2) is 0 Å². The largest absolute Gasteiger partial charge is 0.368 e. The summed E-state index contributed by atoms with van der Waals surface area (Å²) in [5.41, 5.74) is 2.42. The molecule has 0 saturated carbocycles. The second-order valence-corrected chi connectivity index (χ2v) is 7.74. The molecule has 1 aromatic heterocycles. The van der Waals surface area contributed by atoms with Crippen LogP contribution in [0.5, 0.6) is 0 Å². The third kappa shape index (κ3) is 4.99. The van der Waals surface area contributed by atoms with Crippen molar-refractivity contribution in [3.63, 3.8) is 0 Å². The molecule has 2 saturated heterocycles. The van der Waals surface area contributed by atoms with Crippen molar-refractivity contribution in [3.05, 3.63) is 53.9 Å². The predicted octanol–water partition coefficient (Wildman–Crippen LogP) is 1.33. The third-order valence-corrected chi connectivity index (χ3v) is 5.65. The number of amides is 1. The molecule has 1 amide bonds. The van der Waals surface area contributed by atoms with E-state index in [1.54, 1.807) is 13.2 Å². The number of ether oxygens (including phenoxy) is 1. The lowest BCUT2D eigenvalue weighted by Crippen LogP contribution is -2.55. The number of rotatable bonds is 5. The first kappa shape index (κ1) is 20.4. The van der Waals surface area contributed by atoms with Crippen LogP contribution in [0.1, 0.15) is 24.0 Å². The summed E-state index contributed by atoms with van der Waals surface area (Å²) in [5, 5.41) is 7.74. The summed E-state index contributed by atoms with van der Waals surface area (Å²) in [6.07, 6.45) is 5.36. The van der Waals surface area contributed by atoms with Crippen molar-refractivity contribution in [1.82, 2.24) is 24.9 Å². The topological polar surface area (TPSA) is 75.0 Å². The quantitative estimate of drug-likeness (QED) is 0.595. The molecule has 160 valence electrons. The zero-order chi connectivity index (χ0) is 20.8. The van der Waals surface area contributed by atoms with Crippen molar-refractivity contribution in [3.8, 4) is 0 Å². The molecule has 3 heterocycles. The summed E-state index contributed by atoms with van der Waals surface area (Å²) in [7, 11) is 1.81. The van der Waals surface area contributed by atoms with Gasteiger partial charge in [0.1, 0.15) is 6.10 Å². The maximum Gasteiger partial charge on any atom is 0.251 e. The number of piperazine rings is 1. The molecule has 0 radical (unpaired) electrons. The van der Waals surface area contributed by atoms with Gasteiger partial charge >= 0.3 is 0 Å². The van der Waals surface area contributed by atoms with Crippen LogP contribution < -0.4 is 5.32 Å². The van der Waals surface area contributed by atoms with E-state index in [0.29, 0.717) is 26.2 Å². The molecule has 2 aromatic rings. The minimum Gasteiger partial charge on any atom is -0.368 e. The van der Waals surface area contributed by atoms with Crippen molar-refractivity contribution in [2.45, 2.75) is 32.0 Å². The van der Waals surface area contributed by atoms with Crippen molar-refractivity contribution >= 4 is 11.9 Å². The van der Waals surface area contributed by atoms with E-state index in [2.05, 4.69) is 44.6 Å². The Morgan fingerprint density at radius 1 is 1.20 bits per heavy atom. The molecular weight excluding hydrogens is 380 g/mol. The van der Waals surface area contributed by atoms with Crippen molar-refractivity contribution < 1.29 is 9.53 Å². The number of carbonyl (C=O) groups is 1. The number of nitrogens with zero attached hydrogens (tertiary/aromatic N) is 5. The number of hydrogen-bond acceptors (Lipinski definition) is 4. The Kier molecular flexibility index (Phi) is 6.63. The number of aromatic nitrogens is 2. The summed E-state index contributed by atoms with van der Waals surface area (Å²) in [5.74, 6) is 1.01. The average molecular weight is 411 g/mol. The number of nitrogens with one attached hydrogen (secondary N) is 1. The lowest BCUT2D eigenvalue weighted by Gasteiger charge is -2.37. The Hall–Kier alpha value is -2.87. The molecule has 2 aliphatic heterocycles. The van der Waals surface area contributed by atoms with Gasteiger partial charge in [0.15, 0.2) is 5.96 Å². The number of aliphatic imine (C=N–C) groups is 1. The first-order valence-electron chi connectivity index (χ1n) is 10.6. The Morgan fingerprint density at radius 2 is 2.00 bits per heavy atom. The minimum absolute atomic E-state index is 0.143. The van der Waals surface area contributed by atoms with E-state index in [0.717, 1.165) is 38.4 Å². The molecule has 4 rings (SSSR count). The fourth-order valence-corrected chi connectivity index (χ4v) is 4.05. The van der Waals surface area contributed by atoms with E-state index < -0.39 is 0 Å². The van der Waals surface area contributed by atoms with Gasteiger partial charge in [0.25, 0.3) is 5.91 Å². The van der Waals surface area contributed by atoms with Gasteiger partial charge in [-0.15, -0.1) is 0 Å². The molecule has 0 aliphatic carbocycles. The molecule has 2 aliphatic rings. The van der Waals surface area contributed by atoms with Crippen molar-refractivity contribution in [1.29, 1.82) is 0 Å². The summed E-state index contributed by atoms with van der Waals surface area (Å²) in [6.45, 7) is 5.13. The molecular formula is C22H30N6O2. The standard InChI is InChI=1S/C22H30N6O2/c1-23-22(27-12-10-26(11-13-27)21(29)20-7-3-14-30-20)24-16-18-5-2-6-19(15-18)17-28-9-4-8-25-28/h2,4-6,8-9,15,20H,3,7,10-14,16-17H2,1H3,(H,23,24). The zero-order valence-electron chi connectivity index (χ0n) is 17.5. The number of benzene rings is 1. The summed E-state index contributed by atoms with van der Waals surface area (Å²) < 4.78 is 7.47. The van der Waals surface area contributed by atoms with Crippen molar-refractivity contribution in [2.24, 2.45) is 4.99 Å². The van der Waals surface area contributed by atoms with Crippen LogP contribution >= 0.6 is 0 Å². The van der Waals surface area contributed by atoms with Gasteiger partial charge in [-0.2, -0.15) is 5.10 Å². The highest BCUT2D eigenvalue weighted by atomic mass is 16.5. The maximum absolute atomic E-state index is 12.5. The second kappa shape index (κ2) is 9.75. The highest BCUT2D eigenvalue weighted by Gasteiger charge is 2.30. The molecule has 1 N–H and O–H groups in total. The molecule has 8 heteroatoms. The number of guanidine groups is 1. The van der Waals surface area contributed by atoms with E-state index in [1.165, 1.54) is 11.1 Å². The average Bonchev–Trinajstić information content (AvgIpc) is 3.49. The molecule has 8 nitrogen and oxygen atoms in total. The lowest BCUT2D eigenvalue weighted by molar-refractivity contribution is -0.142. The fourth-order valence-electron chi connectivity index (χ4n) is 4.05. The molecule has 2 fully saturated rings. The molecule has 1 aromatic carbocycles. The Labute approximate surface area is 177 Å². The smallest absolute Gasteiger partial charge is 0.251 e. The van der Waals surface area contributed by atoms with Crippen LogP contribution in [0.4, 0.5) is 0 Å². The normalized spacial score (nSPS) is 19.9. The lowest BCUT2D eigenvalue weighted by atomic mass is 10.1. The van der Waals surface area contributed by atoms with Gasteiger partial charge < -0.3 is 19.9 Å². The van der Waals surface area contributed by atoms with Gasteiger partial charge in [-0.05, 0) is 30.0 Å². The summed E-state index contributed by atoms with van der Waals surface area (Å²) in [4.78, 5) is 21.1. The van der Waals surface area contributed by atoms with E-state index >= 15 is 0 Å². The fraction of sp³-hybridized carbons (Fsp3) is 0.500. The summed E-state index contributed by atoms with van der Waals surface area (Å²) in [6, 6.07) is 10.4. The molecule has 1 atom stereocenters. The molecule has 1 unspecified atom stereocenters. The Bertz CT molecular complexity index is 852. The van der Waals surface area contributed by atoms with Crippen LogP contribution in [0.15, 0.2) is 47.7 Å². The van der Waals surface area contributed by atoms with Crippen LogP contribution in [0.2, 0.25) is 0 Å². The highest BCUT2D eigenvalue weighted by molar-refractivity contribution is 5.82. The monoisotopic (exact) mass is 410 g/mol. The van der Waals surface area contributed by atoms with E-state index in [9.17, 15) is 4.79 Å². The second-order valence-electron chi connectivity index (χ2n) is 7.74. The zero-order valence-corrected chi connectivity index (χ0v) is 17.5. The van der Waals surface area contributed by atoms with Crippen LogP contribution in [0, 0.1) is 0 Å². The van der Waals surface area contributed by atoms with Gasteiger partial charge in [-0.1, -0.05) is 24.3 Å². The maximum atomic E-state index is 12.5. The number of carbonyl (C=O) groups excluding carboxylic acids is 1. The van der Waals surface area contributed by atoms with Crippen LogP contribution in [0.25, 0.3) is 0 Å². The van der Waals surface area contributed by atoms with Crippen LogP contribution in [-0.4, -0.2) is 77.4 Å². The van der Waals surface area contributed by atoms with Crippen LogP contribution in [-0.2, 0) is 22.6 Å². The first-order chi connectivity index (χ1) is 14.7. The summed E-state index contributed by atoms with van der Waals surface area (Å²) >= 11 is 0. The molecule has 0 spiro atoms. The number of hydrogen-bond donors (Lipinski definition) is 1. The Balaban J connectivity index is 1.28. The van der Waals surface area contributed by atoms with Gasteiger partial charge in [0.05, 0.1) is 6.54 Å². The van der Waals surface area contributed by atoms with E-state index in [4.69, 9.17) is 4.74 Å². The molecule has 0 bridgehead atoms. The highest BCUT2D eigenvalue weighted by Crippen LogP contribution is 2.16. The van der Waals surface area contributed by atoms with E-state index in [-0.39, 0.29) is 12.0 Å². The third-order valence-electron chi connectivity index (χ3n) is 5.65. The van der Waals surface area contributed by atoms with Gasteiger partial charge in [0.2, 0.25) is 0 Å². The van der Waals surface area contributed by atoms with Gasteiger partial charge in [-0.3, -0.25) is 14.5 Å². The van der Waals surface area contributed by atoms with Crippen molar-refractivity contribution in [2.75, 3.05) is 39.8 Å². The first-order valence-corrected chi connectivity index (χ1v) is 10.6. The van der Waals surface area contributed by atoms with Gasteiger partial charge in [0, 0.05) is 58.8 Å². The Morgan fingerprint density at radius 3 is 2.70 bits per heavy atom. The minimum atomic E-state index is -0.233. The molecule has 30 heavy (non-hydrogen) atoms. The van der Waals surface area contributed by atoms with E-state index in [1.807, 2.05) is 21.8 Å². The van der Waals surface area contributed by atoms with Crippen LogP contribution in [0.3, 0.4) is 0 Å². The SMILES string of the molecule is CN=C(NCc1cccc(Cn2cccn2)c1)N1CCN(C(=O)C2CCCO2)CC1. The predicted molar refractivity (Wildman–Crippen MR) is 115 cm³/mol.